The van der Waals surface area contributed by atoms with Gasteiger partial charge in [0.05, 0.1) is 17.1 Å². The summed E-state index contributed by atoms with van der Waals surface area (Å²) in [7, 11) is 0. The van der Waals surface area contributed by atoms with Crippen molar-refractivity contribution in [3.63, 3.8) is 0 Å². The summed E-state index contributed by atoms with van der Waals surface area (Å²) >= 11 is 0. The molecule has 5 nitrogen and oxygen atoms in total. The molecule has 2 heterocycles. The summed E-state index contributed by atoms with van der Waals surface area (Å²) in [6.45, 7) is 20.0. The van der Waals surface area contributed by atoms with Gasteiger partial charge in [-0.05, 0) is 179 Å². The van der Waals surface area contributed by atoms with Gasteiger partial charge < -0.3 is 9.88 Å². The molecule has 84 heavy (non-hydrogen) atoms. The van der Waals surface area contributed by atoms with Crippen LogP contribution in [0.15, 0.2) is 182 Å². The Bertz CT molecular complexity index is 5490. The summed E-state index contributed by atoms with van der Waals surface area (Å²) in [5.74, 6) is 0.0920. The van der Waals surface area contributed by atoms with Crippen LogP contribution >= 0.6 is 0 Å². The highest BCUT2D eigenvalue weighted by atomic mass is 16.2. The number of anilines is 4. The van der Waals surface area contributed by atoms with Gasteiger partial charge in [-0.25, -0.2) is 4.90 Å². The van der Waals surface area contributed by atoms with Crippen LogP contribution in [0, 0.1) is 0 Å². The van der Waals surface area contributed by atoms with Gasteiger partial charge in [-0.1, -0.05) is 202 Å². The standard InChI is InChI=1S/C79H61N3O2/c1-40(2)49-34-45-18-16-43-22-32-66(58-25-20-46(35-49)68(45)70(43)58)81(67-33-23-44-17-19-47-36-50(79(7,8)9)37-48-21-26-59(67)71(44)69(47)48)51-24-27-57-64(38-51)80-65-39-63-56-29-31-62-75-61(30-28-55(74(56)75)54-14-11-15-60(72(54)63)73(57)65)77(83)82(78(62)84)76-52(41(3)4)12-10-13-53(76)42(5)6/h10-42,80H,1-9H3. The molecule has 17 rings (SSSR count). The van der Waals surface area contributed by atoms with E-state index >= 15 is 9.59 Å². The van der Waals surface area contributed by atoms with Crippen molar-refractivity contribution in [3.8, 4) is 0 Å². The number of carbonyl (C=O) groups excluding carboxylic acids is 2. The molecule has 0 saturated heterocycles. The summed E-state index contributed by atoms with van der Waals surface area (Å²) in [5, 5.41) is 25.7. The van der Waals surface area contributed by atoms with Crippen LogP contribution in [0.2, 0.25) is 0 Å². The van der Waals surface area contributed by atoms with Gasteiger partial charge in [0.2, 0.25) is 0 Å². The molecule has 5 heteroatoms. The van der Waals surface area contributed by atoms with Crippen molar-refractivity contribution in [2.45, 2.75) is 85.5 Å². The first-order chi connectivity index (χ1) is 40.6. The number of benzene rings is 15. The fourth-order valence-electron chi connectivity index (χ4n) is 15.3. The van der Waals surface area contributed by atoms with Crippen molar-refractivity contribution < 1.29 is 9.59 Å². The zero-order valence-electron chi connectivity index (χ0n) is 48.8. The van der Waals surface area contributed by atoms with E-state index in [9.17, 15) is 0 Å². The molecule has 0 saturated carbocycles. The Kier molecular flexibility index (Phi) is 9.94. The highest BCUT2D eigenvalue weighted by Crippen LogP contribution is 2.52. The quantitative estimate of drug-likeness (QED) is 0.0983. The molecular weight excluding hydrogens is 1020 g/mol. The Morgan fingerprint density at radius 1 is 0.381 bits per heavy atom. The zero-order valence-corrected chi connectivity index (χ0v) is 48.8. The molecule has 2 amide bonds. The van der Waals surface area contributed by atoms with Crippen LogP contribution in [0.4, 0.5) is 22.7 Å². The maximum atomic E-state index is 15.1. The second-order valence-electron chi connectivity index (χ2n) is 26.1. The van der Waals surface area contributed by atoms with Crippen LogP contribution < -0.4 is 9.80 Å². The molecule has 15 aromatic carbocycles. The minimum Gasteiger partial charge on any atom is -0.354 e. The van der Waals surface area contributed by atoms with Crippen molar-refractivity contribution in [1.82, 2.24) is 4.98 Å². The first-order valence-corrected chi connectivity index (χ1v) is 30.0. The Balaban J connectivity index is 0.894. The molecule has 16 aromatic rings. The fourth-order valence-corrected chi connectivity index (χ4v) is 15.3. The highest BCUT2D eigenvalue weighted by molar-refractivity contribution is 6.44. The molecule has 0 radical (unpaired) electrons. The molecule has 1 N–H and O–H groups in total. The lowest BCUT2D eigenvalue weighted by atomic mass is 9.83. The van der Waals surface area contributed by atoms with Gasteiger partial charge in [0.25, 0.3) is 11.8 Å². The molecule has 1 aromatic heterocycles. The van der Waals surface area contributed by atoms with E-state index in [4.69, 9.17) is 0 Å². The summed E-state index contributed by atoms with van der Waals surface area (Å²) in [5.41, 5.74) is 11.9. The van der Waals surface area contributed by atoms with Gasteiger partial charge in [0, 0.05) is 54.8 Å². The van der Waals surface area contributed by atoms with Crippen molar-refractivity contribution in [2.24, 2.45) is 0 Å². The zero-order chi connectivity index (χ0) is 57.1. The van der Waals surface area contributed by atoms with Crippen LogP contribution in [-0.2, 0) is 5.41 Å². The van der Waals surface area contributed by atoms with E-state index in [1.807, 2.05) is 12.1 Å². The number of para-hydroxylation sites is 1. The Morgan fingerprint density at radius 3 is 1.44 bits per heavy atom. The smallest absolute Gasteiger partial charge is 0.266 e. The van der Waals surface area contributed by atoms with Crippen molar-refractivity contribution >= 4 is 164 Å². The van der Waals surface area contributed by atoms with E-state index in [2.05, 4.69) is 242 Å². The summed E-state index contributed by atoms with van der Waals surface area (Å²) in [6.07, 6.45) is 0. The van der Waals surface area contributed by atoms with E-state index in [1.165, 1.54) is 91.4 Å². The van der Waals surface area contributed by atoms with Crippen LogP contribution in [0.5, 0.6) is 0 Å². The number of fused-ring (bicyclic) bond motifs is 6. The first-order valence-electron chi connectivity index (χ1n) is 30.0. The lowest BCUT2D eigenvalue weighted by Crippen LogP contribution is -2.41. The Morgan fingerprint density at radius 2 is 0.869 bits per heavy atom. The van der Waals surface area contributed by atoms with E-state index in [0.717, 1.165) is 88.0 Å². The van der Waals surface area contributed by atoms with E-state index < -0.39 is 0 Å². The Labute approximate surface area is 486 Å². The topological polar surface area (TPSA) is 56.4 Å². The SMILES string of the molecule is CC(C)c1cc2ccc3ccc(N(c4ccc5c(c4)[nH]c4cc6c7ccc8c9c(ccc(c%10cccc(c45)c%106)c97)C(=O)N(c4c(C(C)C)cccc4C(C)C)C8=O)c4ccc5ccc6cc(C(C)(C)C)cc7ccc4c5c67)c4ccc(c1)c2c34. The molecule has 404 valence electrons. The van der Waals surface area contributed by atoms with Gasteiger partial charge in [-0.2, -0.15) is 0 Å². The number of hydrogen-bond acceptors (Lipinski definition) is 3. The molecule has 0 atom stereocenters. The highest BCUT2D eigenvalue weighted by Gasteiger charge is 2.38. The molecule has 0 bridgehead atoms. The van der Waals surface area contributed by atoms with Gasteiger partial charge >= 0.3 is 0 Å². The maximum Gasteiger partial charge on any atom is 0.266 e. The fraction of sp³-hybridized carbons (Fsp3) is 0.165. The maximum absolute atomic E-state index is 15.1. The van der Waals surface area contributed by atoms with Crippen molar-refractivity contribution in [1.29, 1.82) is 0 Å². The van der Waals surface area contributed by atoms with Crippen LogP contribution in [0.1, 0.15) is 123 Å². The molecule has 1 aliphatic rings. The van der Waals surface area contributed by atoms with E-state index in [0.29, 0.717) is 17.0 Å². The number of carbonyl (C=O) groups is 2. The van der Waals surface area contributed by atoms with Crippen LogP contribution in [0.3, 0.4) is 0 Å². The lowest BCUT2D eigenvalue weighted by molar-refractivity contribution is 0.0893. The number of nitrogens with zero attached hydrogens (tertiary/aromatic N) is 2. The van der Waals surface area contributed by atoms with Gasteiger partial charge in [0.15, 0.2) is 0 Å². The largest absolute Gasteiger partial charge is 0.354 e. The average Bonchev–Trinajstić information content (AvgIpc) is 1.02. The second-order valence-corrected chi connectivity index (χ2v) is 26.1. The van der Waals surface area contributed by atoms with Gasteiger partial charge in [0.1, 0.15) is 0 Å². The number of H-pyrrole nitrogens is 1. The molecule has 0 aliphatic carbocycles. The third-order valence-electron chi connectivity index (χ3n) is 19.3. The second kappa shape index (κ2) is 17.0. The third kappa shape index (κ3) is 6.55. The van der Waals surface area contributed by atoms with E-state index in [-0.39, 0.29) is 29.1 Å². The first kappa shape index (κ1) is 49.1. The van der Waals surface area contributed by atoms with Crippen LogP contribution in [-0.4, -0.2) is 16.8 Å². The van der Waals surface area contributed by atoms with E-state index in [1.54, 1.807) is 0 Å². The number of nitrogens with one attached hydrogen (secondary N) is 1. The van der Waals surface area contributed by atoms with Crippen molar-refractivity contribution in [2.75, 3.05) is 9.80 Å². The van der Waals surface area contributed by atoms with Gasteiger partial charge in [-0.3, -0.25) is 9.59 Å². The van der Waals surface area contributed by atoms with Crippen molar-refractivity contribution in [3.05, 3.63) is 215 Å². The predicted octanol–water partition coefficient (Wildman–Crippen LogP) is 22.1. The lowest BCUT2D eigenvalue weighted by Gasteiger charge is -2.32. The number of amides is 2. The third-order valence-corrected chi connectivity index (χ3v) is 19.3. The monoisotopic (exact) mass is 1080 g/mol. The minimum atomic E-state index is -0.273. The predicted molar refractivity (Wildman–Crippen MR) is 358 cm³/mol. The number of hydrogen-bond donors (Lipinski definition) is 1. The summed E-state index contributed by atoms with van der Waals surface area (Å²) in [4.78, 5) is 38.2. The minimum absolute atomic E-state index is 0.0101. The average molecular weight is 1080 g/mol. The number of aromatic nitrogens is 1. The normalized spacial score (nSPS) is 13.6. The number of aromatic amines is 1. The summed E-state index contributed by atoms with van der Waals surface area (Å²) in [6, 6.07) is 67.8. The molecule has 1 aliphatic heterocycles. The molecule has 0 spiro atoms. The van der Waals surface area contributed by atoms with Crippen LogP contribution in [0.25, 0.3) is 130 Å². The Hall–Kier alpha value is -9.58. The molecule has 0 unspecified atom stereocenters. The van der Waals surface area contributed by atoms with Gasteiger partial charge in [-0.15, -0.1) is 0 Å². The molecular formula is C79H61N3O2. The number of imide groups is 1. The number of rotatable bonds is 7. The summed E-state index contributed by atoms with van der Waals surface area (Å²) < 4.78 is 0. The molecule has 0 fully saturated rings.